The summed E-state index contributed by atoms with van der Waals surface area (Å²) >= 11 is 17.9. The van der Waals surface area contributed by atoms with Crippen LogP contribution in [0.15, 0.2) is 42.0 Å². The van der Waals surface area contributed by atoms with E-state index in [9.17, 15) is 14.4 Å². The lowest BCUT2D eigenvalue weighted by Gasteiger charge is -2.26. The third-order valence-corrected chi connectivity index (χ3v) is 4.74. The van der Waals surface area contributed by atoms with Crippen LogP contribution in [0.4, 0.5) is 10.5 Å². The fraction of sp³-hybridized carbons (Fsp3) is 0.105. The number of carbonyl (C=O) groups is 3. The van der Waals surface area contributed by atoms with Crippen molar-refractivity contribution in [2.45, 2.75) is 6.92 Å². The number of rotatable bonds is 4. The maximum Gasteiger partial charge on any atom is 0.335 e. The van der Waals surface area contributed by atoms with E-state index in [1.165, 1.54) is 24.3 Å². The summed E-state index contributed by atoms with van der Waals surface area (Å²) in [7, 11) is 0. The zero-order valence-corrected chi connectivity index (χ0v) is 16.7. The van der Waals surface area contributed by atoms with Gasteiger partial charge in [-0.1, -0.05) is 34.8 Å². The number of amides is 4. The van der Waals surface area contributed by atoms with Crippen LogP contribution in [0, 0.1) is 0 Å². The van der Waals surface area contributed by atoms with E-state index in [1.807, 2.05) is 6.92 Å². The molecule has 0 bridgehead atoms. The minimum atomic E-state index is -0.883. The van der Waals surface area contributed by atoms with Crippen LogP contribution >= 0.6 is 34.8 Å². The number of anilines is 1. The van der Waals surface area contributed by atoms with Crippen molar-refractivity contribution in [1.29, 1.82) is 0 Å². The Labute approximate surface area is 175 Å². The average molecular weight is 440 g/mol. The average Bonchev–Trinajstić information content (AvgIpc) is 2.61. The highest BCUT2D eigenvalue weighted by molar-refractivity contribution is 6.43. The van der Waals surface area contributed by atoms with Crippen LogP contribution in [-0.2, 0) is 9.59 Å². The zero-order chi connectivity index (χ0) is 20.4. The first-order chi connectivity index (χ1) is 13.3. The van der Waals surface area contributed by atoms with Gasteiger partial charge < -0.3 is 4.74 Å². The highest BCUT2D eigenvalue weighted by Crippen LogP contribution is 2.30. The standard InChI is InChI=1S/C19H13Cl3N2O4/c1-2-28-13-6-10(5-11(20)8-13)7-14-17(25)23-19(27)24(18(14)26)12-3-4-15(21)16(22)9-12/h3-9H,2H2,1H3,(H,23,25,27)/b14-7+. The van der Waals surface area contributed by atoms with Crippen LogP contribution in [0.5, 0.6) is 5.75 Å². The van der Waals surface area contributed by atoms with Crippen molar-refractivity contribution < 1.29 is 19.1 Å². The van der Waals surface area contributed by atoms with Gasteiger partial charge in [-0.15, -0.1) is 0 Å². The number of urea groups is 1. The molecule has 0 radical (unpaired) electrons. The number of nitrogens with one attached hydrogen (secondary N) is 1. The third-order valence-electron chi connectivity index (χ3n) is 3.78. The third kappa shape index (κ3) is 4.14. The first-order valence-electron chi connectivity index (χ1n) is 8.10. The van der Waals surface area contributed by atoms with Crippen molar-refractivity contribution in [2.24, 2.45) is 0 Å². The number of benzene rings is 2. The van der Waals surface area contributed by atoms with Crippen LogP contribution in [0.1, 0.15) is 12.5 Å². The predicted octanol–water partition coefficient (Wildman–Crippen LogP) is 4.71. The van der Waals surface area contributed by atoms with Crippen LogP contribution in [0.2, 0.25) is 15.1 Å². The smallest absolute Gasteiger partial charge is 0.335 e. The molecule has 1 saturated heterocycles. The molecular weight excluding hydrogens is 427 g/mol. The molecule has 1 aliphatic heterocycles. The number of carbonyl (C=O) groups excluding carboxylic acids is 3. The summed E-state index contributed by atoms with van der Waals surface area (Å²) in [6.45, 7) is 2.24. The quantitative estimate of drug-likeness (QED) is 0.553. The molecule has 1 N–H and O–H groups in total. The Balaban J connectivity index is 2.02. The molecule has 144 valence electrons. The van der Waals surface area contributed by atoms with Gasteiger partial charge in [0.05, 0.1) is 22.3 Å². The summed E-state index contributed by atoms with van der Waals surface area (Å²) in [6.07, 6.45) is 1.34. The van der Waals surface area contributed by atoms with E-state index >= 15 is 0 Å². The van der Waals surface area contributed by atoms with E-state index in [4.69, 9.17) is 39.5 Å². The van der Waals surface area contributed by atoms with Gasteiger partial charge in [0, 0.05) is 5.02 Å². The molecule has 0 atom stereocenters. The van der Waals surface area contributed by atoms with Crippen molar-refractivity contribution in [3.63, 3.8) is 0 Å². The maximum absolute atomic E-state index is 12.9. The van der Waals surface area contributed by atoms with E-state index in [-0.39, 0.29) is 21.3 Å². The van der Waals surface area contributed by atoms with Gasteiger partial charge in [0.1, 0.15) is 11.3 Å². The van der Waals surface area contributed by atoms with Crippen molar-refractivity contribution >= 4 is 64.4 Å². The molecule has 0 unspecified atom stereocenters. The molecule has 6 nitrogen and oxygen atoms in total. The van der Waals surface area contributed by atoms with Gasteiger partial charge in [-0.25, -0.2) is 9.69 Å². The fourth-order valence-electron chi connectivity index (χ4n) is 2.60. The van der Waals surface area contributed by atoms with Crippen LogP contribution in [0.25, 0.3) is 6.08 Å². The Morgan fingerprint density at radius 3 is 2.46 bits per heavy atom. The van der Waals surface area contributed by atoms with Crippen molar-refractivity contribution in [3.8, 4) is 5.75 Å². The fourth-order valence-corrected chi connectivity index (χ4v) is 3.13. The lowest BCUT2D eigenvalue weighted by molar-refractivity contribution is -0.122. The molecule has 0 aromatic heterocycles. The monoisotopic (exact) mass is 438 g/mol. The molecule has 0 spiro atoms. The van der Waals surface area contributed by atoms with Crippen molar-refractivity contribution in [3.05, 3.63) is 62.6 Å². The zero-order valence-electron chi connectivity index (χ0n) is 14.5. The Hall–Kier alpha value is -2.54. The molecule has 4 amide bonds. The van der Waals surface area contributed by atoms with Crippen molar-refractivity contribution in [1.82, 2.24) is 5.32 Å². The van der Waals surface area contributed by atoms with Gasteiger partial charge in [-0.2, -0.15) is 0 Å². The molecule has 3 rings (SSSR count). The Morgan fingerprint density at radius 2 is 1.79 bits per heavy atom. The summed E-state index contributed by atoms with van der Waals surface area (Å²) in [5.41, 5.74) is 0.407. The van der Waals surface area contributed by atoms with E-state index in [0.29, 0.717) is 22.9 Å². The molecule has 9 heteroatoms. The van der Waals surface area contributed by atoms with Crippen LogP contribution < -0.4 is 15.0 Å². The topological polar surface area (TPSA) is 75.7 Å². The van der Waals surface area contributed by atoms with E-state index < -0.39 is 17.8 Å². The first-order valence-corrected chi connectivity index (χ1v) is 9.23. The highest BCUT2D eigenvalue weighted by atomic mass is 35.5. The van der Waals surface area contributed by atoms with Gasteiger partial charge in [0.25, 0.3) is 11.8 Å². The largest absolute Gasteiger partial charge is 0.494 e. The SMILES string of the molecule is CCOc1cc(Cl)cc(/C=C2\C(=O)NC(=O)N(c3ccc(Cl)c(Cl)c3)C2=O)c1. The van der Waals surface area contributed by atoms with Gasteiger partial charge in [-0.3, -0.25) is 14.9 Å². The Morgan fingerprint density at radius 1 is 1.04 bits per heavy atom. The van der Waals surface area contributed by atoms with Gasteiger partial charge >= 0.3 is 6.03 Å². The molecular formula is C19H13Cl3N2O4. The molecule has 0 saturated carbocycles. The summed E-state index contributed by atoms with van der Waals surface area (Å²) < 4.78 is 5.41. The second-order valence-electron chi connectivity index (χ2n) is 5.71. The maximum atomic E-state index is 12.9. The van der Waals surface area contributed by atoms with E-state index in [1.54, 1.807) is 18.2 Å². The number of nitrogens with zero attached hydrogens (tertiary/aromatic N) is 1. The highest BCUT2D eigenvalue weighted by Gasteiger charge is 2.37. The number of imide groups is 2. The molecule has 28 heavy (non-hydrogen) atoms. The lowest BCUT2D eigenvalue weighted by atomic mass is 10.1. The first kappa shape index (κ1) is 20.2. The number of barbiturate groups is 1. The molecule has 2 aromatic rings. The molecule has 2 aromatic carbocycles. The predicted molar refractivity (Wildman–Crippen MR) is 108 cm³/mol. The summed E-state index contributed by atoms with van der Waals surface area (Å²) in [5.74, 6) is -1.13. The summed E-state index contributed by atoms with van der Waals surface area (Å²) in [4.78, 5) is 38.2. The van der Waals surface area contributed by atoms with E-state index in [0.717, 1.165) is 4.90 Å². The minimum absolute atomic E-state index is 0.165. The minimum Gasteiger partial charge on any atom is -0.494 e. The molecule has 1 fully saturated rings. The number of hydrogen-bond acceptors (Lipinski definition) is 4. The second kappa shape index (κ2) is 8.22. The van der Waals surface area contributed by atoms with Crippen molar-refractivity contribution in [2.75, 3.05) is 11.5 Å². The Bertz CT molecular complexity index is 1020. The number of hydrogen-bond donors (Lipinski definition) is 1. The normalized spacial score (nSPS) is 15.8. The number of ether oxygens (including phenoxy) is 1. The Kier molecular flexibility index (Phi) is 5.93. The van der Waals surface area contributed by atoms with Crippen LogP contribution in [0.3, 0.4) is 0 Å². The van der Waals surface area contributed by atoms with Gasteiger partial charge in [0.2, 0.25) is 0 Å². The molecule has 1 heterocycles. The van der Waals surface area contributed by atoms with E-state index in [2.05, 4.69) is 5.32 Å². The molecule has 1 aliphatic rings. The summed E-state index contributed by atoms with van der Waals surface area (Å²) in [5, 5.41) is 2.94. The van der Waals surface area contributed by atoms with Crippen LogP contribution in [-0.4, -0.2) is 24.5 Å². The molecule has 0 aliphatic carbocycles. The lowest BCUT2D eigenvalue weighted by Crippen LogP contribution is -2.54. The summed E-state index contributed by atoms with van der Waals surface area (Å²) in [6, 6.07) is 8.19. The number of halogens is 3. The van der Waals surface area contributed by atoms with Gasteiger partial charge in [0.15, 0.2) is 0 Å². The second-order valence-corrected chi connectivity index (χ2v) is 6.96. The van der Waals surface area contributed by atoms with Gasteiger partial charge in [-0.05, 0) is 55.0 Å².